The van der Waals surface area contributed by atoms with E-state index < -0.39 is 48.4 Å². The predicted molar refractivity (Wildman–Crippen MR) is 137 cm³/mol. The first kappa shape index (κ1) is 27.5. The number of hydrogen-bond donors (Lipinski definition) is 7. The number of guanidine groups is 1. The Morgan fingerprint density at radius 1 is 1.22 bits per heavy atom. The van der Waals surface area contributed by atoms with Gasteiger partial charge in [0, 0.05) is 30.2 Å². The number of likely N-dealkylation sites (tertiary alicyclic amines) is 1. The molecular formula is C24H34N8O5. The normalized spacial score (nSPS) is 16.7. The van der Waals surface area contributed by atoms with Crippen LogP contribution in [0.25, 0.3) is 10.9 Å². The third-order valence-electron chi connectivity index (χ3n) is 6.26. The molecule has 1 saturated heterocycles. The summed E-state index contributed by atoms with van der Waals surface area (Å²) in [6.45, 7) is 0.0241. The fourth-order valence-corrected chi connectivity index (χ4v) is 4.45. The van der Waals surface area contributed by atoms with Crippen LogP contribution >= 0.6 is 0 Å². The van der Waals surface area contributed by atoms with Gasteiger partial charge in [-0.1, -0.05) is 18.2 Å². The molecule has 3 atom stereocenters. The van der Waals surface area contributed by atoms with Crippen LogP contribution in [0.1, 0.15) is 31.2 Å². The minimum absolute atomic E-state index is 0.0811. The lowest BCUT2D eigenvalue weighted by atomic mass is 10.0. The molecule has 1 aliphatic heterocycles. The summed E-state index contributed by atoms with van der Waals surface area (Å²) in [6.07, 6.45) is 3.66. The molecule has 0 aliphatic carbocycles. The van der Waals surface area contributed by atoms with Gasteiger partial charge in [-0.2, -0.15) is 0 Å². The Bertz CT molecular complexity index is 1160. The molecule has 0 bridgehead atoms. The van der Waals surface area contributed by atoms with Crippen LogP contribution in [0.3, 0.4) is 0 Å². The Labute approximate surface area is 213 Å². The lowest BCUT2D eigenvalue weighted by Gasteiger charge is -2.29. The topological polar surface area (TPSA) is 222 Å². The maximum Gasteiger partial charge on any atom is 0.322 e. The zero-order chi connectivity index (χ0) is 26.9. The van der Waals surface area contributed by atoms with Crippen molar-refractivity contribution in [1.29, 1.82) is 0 Å². The fraction of sp³-hybridized carbons (Fsp3) is 0.458. The van der Waals surface area contributed by atoms with Crippen LogP contribution in [0.4, 0.5) is 0 Å². The number of para-hydroxylation sites is 1. The van der Waals surface area contributed by atoms with Crippen molar-refractivity contribution in [3.05, 3.63) is 36.0 Å². The van der Waals surface area contributed by atoms with Gasteiger partial charge in [-0.05, 0) is 43.7 Å². The van der Waals surface area contributed by atoms with E-state index in [2.05, 4.69) is 20.6 Å². The Kier molecular flexibility index (Phi) is 9.44. The van der Waals surface area contributed by atoms with Gasteiger partial charge < -0.3 is 42.8 Å². The Morgan fingerprint density at radius 3 is 2.70 bits per heavy atom. The van der Waals surface area contributed by atoms with Gasteiger partial charge in [0.1, 0.15) is 18.6 Å². The van der Waals surface area contributed by atoms with Gasteiger partial charge in [-0.3, -0.25) is 24.2 Å². The van der Waals surface area contributed by atoms with Gasteiger partial charge in [-0.25, -0.2) is 0 Å². The number of carboxylic acid groups (broad SMARTS) is 1. The maximum absolute atomic E-state index is 13.5. The first-order chi connectivity index (χ1) is 17.7. The maximum atomic E-state index is 13.5. The third-order valence-corrected chi connectivity index (χ3v) is 6.26. The number of aliphatic carboxylic acids is 1. The molecule has 0 saturated carbocycles. The Morgan fingerprint density at radius 2 is 1.97 bits per heavy atom. The molecule has 37 heavy (non-hydrogen) atoms. The van der Waals surface area contributed by atoms with Crippen molar-refractivity contribution >= 4 is 40.6 Å². The molecule has 200 valence electrons. The molecule has 1 aromatic heterocycles. The Balaban J connectivity index is 1.70. The summed E-state index contributed by atoms with van der Waals surface area (Å²) >= 11 is 0. The Hall–Kier alpha value is -4.13. The first-order valence-electron chi connectivity index (χ1n) is 12.1. The number of aromatic amines is 1. The van der Waals surface area contributed by atoms with Crippen molar-refractivity contribution in [3.63, 3.8) is 0 Å². The standard InChI is InChI=1S/C24H34N8O5/c25-16(11-14-12-29-17-6-2-1-5-15(14)17)21(35)31-18(7-3-9-28-24(26)27)23(37)32-10-4-8-19(32)22(36)30-13-20(33)34/h1-2,5-6,12,16,18-19,29H,3-4,7-11,13,25H2,(H,30,36)(H,31,35)(H,33,34)(H4,26,27,28). The number of carbonyl (C=O) groups is 4. The quantitative estimate of drug-likeness (QED) is 0.103. The summed E-state index contributed by atoms with van der Waals surface area (Å²) in [6, 6.07) is 4.98. The predicted octanol–water partition coefficient (Wildman–Crippen LogP) is -1.23. The highest BCUT2D eigenvalue weighted by Gasteiger charge is 2.38. The minimum Gasteiger partial charge on any atom is -0.480 e. The molecule has 2 aromatic rings. The largest absolute Gasteiger partial charge is 0.480 e. The van der Waals surface area contributed by atoms with Gasteiger partial charge in [0.25, 0.3) is 0 Å². The molecule has 3 rings (SSSR count). The molecular weight excluding hydrogens is 480 g/mol. The number of fused-ring (bicyclic) bond motifs is 1. The summed E-state index contributed by atoms with van der Waals surface area (Å²) < 4.78 is 0. The molecule has 0 spiro atoms. The second-order valence-electron chi connectivity index (χ2n) is 8.98. The molecule has 1 aromatic carbocycles. The number of rotatable bonds is 12. The van der Waals surface area contributed by atoms with E-state index in [4.69, 9.17) is 22.3 Å². The first-order valence-corrected chi connectivity index (χ1v) is 12.1. The molecule has 1 fully saturated rings. The van der Waals surface area contributed by atoms with Gasteiger partial charge in [0.15, 0.2) is 5.96 Å². The molecule has 0 radical (unpaired) electrons. The zero-order valence-corrected chi connectivity index (χ0v) is 20.5. The van der Waals surface area contributed by atoms with Gasteiger partial charge >= 0.3 is 5.97 Å². The smallest absolute Gasteiger partial charge is 0.322 e. The van der Waals surface area contributed by atoms with Crippen LogP contribution in [0, 0.1) is 0 Å². The lowest BCUT2D eigenvalue weighted by molar-refractivity contribution is -0.143. The molecule has 1 aliphatic rings. The van der Waals surface area contributed by atoms with Crippen LogP contribution in [-0.2, 0) is 25.6 Å². The number of carbonyl (C=O) groups excluding carboxylic acids is 3. The number of hydrogen-bond acceptors (Lipinski definition) is 6. The van der Waals surface area contributed by atoms with Crippen LogP contribution in [0.2, 0.25) is 0 Å². The van der Waals surface area contributed by atoms with Crippen molar-refractivity contribution in [2.24, 2.45) is 22.2 Å². The second kappa shape index (κ2) is 12.7. The highest BCUT2D eigenvalue weighted by molar-refractivity contribution is 5.94. The average Bonchev–Trinajstić information content (AvgIpc) is 3.51. The van der Waals surface area contributed by atoms with Gasteiger partial charge in [0.2, 0.25) is 17.7 Å². The minimum atomic E-state index is -1.18. The van der Waals surface area contributed by atoms with E-state index in [1.807, 2.05) is 24.3 Å². The number of benzene rings is 1. The van der Waals surface area contributed by atoms with Crippen LogP contribution in [-0.4, -0.2) is 82.4 Å². The van der Waals surface area contributed by atoms with E-state index in [1.54, 1.807) is 6.20 Å². The number of carboxylic acids is 1. The molecule has 3 unspecified atom stereocenters. The average molecular weight is 515 g/mol. The number of aromatic nitrogens is 1. The van der Waals surface area contributed by atoms with E-state index >= 15 is 0 Å². The van der Waals surface area contributed by atoms with Crippen molar-refractivity contribution in [1.82, 2.24) is 20.5 Å². The fourth-order valence-electron chi connectivity index (χ4n) is 4.45. The van der Waals surface area contributed by atoms with Crippen molar-refractivity contribution in [2.45, 2.75) is 50.2 Å². The van der Waals surface area contributed by atoms with Crippen molar-refractivity contribution in [2.75, 3.05) is 19.6 Å². The summed E-state index contributed by atoms with van der Waals surface area (Å²) in [5.74, 6) is -2.75. The van der Waals surface area contributed by atoms with Crippen LogP contribution in [0.15, 0.2) is 35.5 Å². The monoisotopic (exact) mass is 514 g/mol. The highest BCUT2D eigenvalue weighted by Crippen LogP contribution is 2.21. The molecule has 13 heteroatoms. The van der Waals surface area contributed by atoms with E-state index in [-0.39, 0.29) is 25.3 Å². The third kappa shape index (κ3) is 7.43. The number of H-pyrrole nitrogens is 1. The van der Waals surface area contributed by atoms with Crippen LogP contribution < -0.4 is 27.8 Å². The lowest BCUT2D eigenvalue weighted by Crippen LogP contribution is -2.56. The SMILES string of the molecule is NC(N)=NCCCC(NC(=O)C(N)Cc1c[nH]c2ccccc12)C(=O)N1CCCC1C(=O)NCC(=O)O. The van der Waals surface area contributed by atoms with Gasteiger partial charge in [0.05, 0.1) is 6.04 Å². The molecule has 13 nitrogen and oxygen atoms in total. The number of nitrogens with two attached hydrogens (primary N) is 3. The van der Waals surface area contributed by atoms with E-state index in [0.29, 0.717) is 25.8 Å². The molecule has 10 N–H and O–H groups in total. The van der Waals surface area contributed by atoms with E-state index in [9.17, 15) is 19.2 Å². The van der Waals surface area contributed by atoms with Gasteiger partial charge in [-0.15, -0.1) is 0 Å². The zero-order valence-electron chi connectivity index (χ0n) is 20.5. The number of nitrogens with zero attached hydrogens (tertiary/aromatic N) is 2. The summed E-state index contributed by atoms with van der Waals surface area (Å²) in [5.41, 5.74) is 18.8. The molecule has 3 amide bonds. The van der Waals surface area contributed by atoms with E-state index in [0.717, 1.165) is 16.5 Å². The summed E-state index contributed by atoms with van der Waals surface area (Å²) in [7, 11) is 0. The van der Waals surface area contributed by atoms with Crippen molar-refractivity contribution in [3.8, 4) is 0 Å². The number of nitrogens with one attached hydrogen (secondary N) is 3. The summed E-state index contributed by atoms with van der Waals surface area (Å²) in [4.78, 5) is 58.3. The second-order valence-corrected chi connectivity index (χ2v) is 8.98. The molecule has 2 heterocycles. The van der Waals surface area contributed by atoms with Crippen molar-refractivity contribution < 1.29 is 24.3 Å². The number of aliphatic imine (C=N–C) groups is 1. The summed E-state index contributed by atoms with van der Waals surface area (Å²) in [5, 5.41) is 14.9. The van der Waals surface area contributed by atoms with Crippen LogP contribution in [0.5, 0.6) is 0 Å². The highest BCUT2D eigenvalue weighted by atomic mass is 16.4. The van der Waals surface area contributed by atoms with E-state index in [1.165, 1.54) is 4.90 Å². The number of amides is 3.